The van der Waals surface area contributed by atoms with Crippen molar-refractivity contribution in [3.8, 4) is 5.75 Å². The number of imidazole rings is 1. The average molecular weight is 559 g/mol. The van der Waals surface area contributed by atoms with Crippen LogP contribution < -0.4 is 10.3 Å². The van der Waals surface area contributed by atoms with Gasteiger partial charge in [-0.2, -0.15) is 0 Å². The maximum atomic E-state index is 13.6. The standard InChI is InChI=1S/C30H30N4O5S/c35-20-24(18-22-10-4-1-5-11-22)40-29(38)26-27(39-21-23-12-6-2-7-13-23)28(37)34-17-16-33(30(34)31-26)19-25(36)32-14-8-3-9-15-32/h1-2,4-7,10-13,16-17,20,24H,3,8-9,14-15,18-19,21H2. The Balaban J connectivity index is 1.47. The lowest BCUT2D eigenvalue weighted by atomic mass is 10.1. The normalized spacial score (nSPS) is 14.2. The van der Waals surface area contributed by atoms with Crippen molar-refractivity contribution < 1.29 is 19.1 Å². The highest BCUT2D eigenvalue weighted by molar-refractivity contribution is 8.15. The quantitative estimate of drug-likeness (QED) is 0.273. The third-order valence-electron chi connectivity index (χ3n) is 6.83. The van der Waals surface area contributed by atoms with Gasteiger partial charge in [0, 0.05) is 25.5 Å². The van der Waals surface area contributed by atoms with Gasteiger partial charge in [-0.25, -0.2) is 9.38 Å². The third-order valence-corrected chi connectivity index (χ3v) is 7.82. The molecule has 0 bridgehead atoms. The molecule has 9 nitrogen and oxygen atoms in total. The second-order valence-corrected chi connectivity index (χ2v) is 10.9. The molecule has 1 fully saturated rings. The van der Waals surface area contributed by atoms with Gasteiger partial charge in [0.15, 0.2) is 5.69 Å². The zero-order valence-electron chi connectivity index (χ0n) is 22.0. The first-order valence-electron chi connectivity index (χ1n) is 13.3. The Morgan fingerprint density at radius 1 is 0.950 bits per heavy atom. The fourth-order valence-corrected chi connectivity index (χ4v) is 5.58. The minimum absolute atomic E-state index is 0.00109. The Bertz CT molecular complexity index is 1550. The Morgan fingerprint density at radius 2 is 1.62 bits per heavy atom. The minimum atomic E-state index is -0.676. The van der Waals surface area contributed by atoms with Crippen LogP contribution >= 0.6 is 11.8 Å². The van der Waals surface area contributed by atoms with E-state index >= 15 is 0 Å². The van der Waals surface area contributed by atoms with E-state index in [1.165, 1.54) is 10.6 Å². The lowest BCUT2D eigenvalue weighted by molar-refractivity contribution is -0.132. The number of thioether (sulfide) groups is 1. The number of carbonyl (C=O) groups is 3. The van der Waals surface area contributed by atoms with Crippen LogP contribution in [0.15, 0.2) is 77.9 Å². The molecule has 5 rings (SSSR count). The molecule has 1 atom stereocenters. The third kappa shape index (κ3) is 6.34. The van der Waals surface area contributed by atoms with Crippen molar-refractivity contribution in [3.63, 3.8) is 0 Å². The van der Waals surface area contributed by atoms with E-state index < -0.39 is 15.9 Å². The van der Waals surface area contributed by atoms with Gasteiger partial charge in [-0.3, -0.25) is 14.4 Å². The molecule has 1 saturated heterocycles. The summed E-state index contributed by atoms with van der Waals surface area (Å²) >= 11 is 0.809. The summed E-state index contributed by atoms with van der Waals surface area (Å²) in [6.07, 6.45) is 7.25. The summed E-state index contributed by atoms with van der Waals surface area (Å²) < 4.78 is 8.76. The number of benzene rings is 2. The zero-order valence-corrected chi connectivity index (χ0v) is 22.8. The van der Waals surface area contributed by atoms with Crippen molar-refractivity contribution in [3.05, 3.63) is 100 Å². The summed E-state index contributed by atoms with van der Waals surface area (Å²) in [5.41, 5.74) is 1.00. The first-order valence-corrected chi connectivity index (χ1v) is 14.2. The van der Waals surface area contributed by atoms with Gasteiger partial charge < -0.3 is 19.0 Å². The van der Waals surface area contributed by atoms with Crippen LogP contribution in [0.5, 0.6) is 5.75 Å². The van der Waals surface area contributed by atoms with Gasteiger partial charge in [0.05, 0.1) is 5.25 Å². The number of amides is 1. The van der Waals surface area contributed by atoms with E-state index in [0.717, 1.165) is 48.4 Å². The number of hydrogen-bond donors (Lipinski definition) is 0. The lowest BCUT2D eigenvalue weighted by Crippen LogP contribution is -2.37. The molecular formula is C30H30N4O5S. The largest absolute Gasteiger partial charge is 0.481 e. The van der Waals surface area contributed by atoms with Crippen molar-refractivity contribution in [2.45, 2.75) is 44.1 Å². The molecular weight excluding hydrogens is 528 g/mol. The molecule has 0 saturated carbocycles. The molecule has 0 N–H and O–H groups in total. The number of ether oxygens (including phenoxy) is 1. The maximum absolute atomic E-state index is 13.6. The second kappa shape index (κ2) is 12.8. The smallest absolute Gasteiger partial charge is 0.302 e. The minimum Gasteiger partial charge on any atom is -0.481 e. The lowest BCUT2D eigenvalue weighted by Gasteiger charge is -2.26. The molecule has 4 aromatic rings. The van der Waals surface area contributed by atoms with Crippen molar-refractivity contribution in [1.82, 2.24) is 18.9 Å². The van der Waals surface area contributed by atoms with E-state index in [1.54, 1.807) is 10.8 Å². The van der Waals surface area contributed by atoms with E-state index in [1.807, 2.05) is 65.6 Å². The number of fused-ring (bicyclic) bond motifs is 1. The molecule has 1 aliphatic heterocycles. The molecule has 0 aliphatic carbocycles. The molecule has 10 heteroatoms. The molecule has 1 amide bonds. The summed E-state index contributed by atoms with van der Waals surface area (Å²) in [4.78, 5) is 58.4. The van der Waals surface area contributed by atoms with Crippen LogP contribution in [0.1, 0.15) is 40.9 Å². The summed E-state index contributed by atoms with van der Waals surface area (Å²) in [5, 5.41) is -1.23. The number of rotatable bonds is 10. The predicted molar refractivity (Wildman–Crippen MR) is 153 cm³/mol. The number of piperidine rings is 1. The number of hydrogen-bond acceptors (Lipinski definition) is 7. The van der Waals surface area contributed by atoms with Crippen molar-refractivity contribution in [1.29, 1.82) is 0 Å². The van der Waals surface area contributed by atoms with Crippen molar-refractivity contribution >= 4 is 34.8 Å². The fraction of sp³-hybridized carbons (Fsp3) is 0.300. The SMILES string of the molecule is O=CC(Cc1ccccc1)SC(=O)c1nc2n(CC(=O)N3CCCCC3)ccn2c(=O)c1OCc1ccccc1. The van der Waals surface area contributed by atoms with Crippen LogP contribution in [0, 0.1) is 0 Å². The van der Waals surface area contributed by atoms with E-state index in [2.05, 4.69) is 4.98 Å². The molecule has 2 aromatic carbocycles. The molecule has 0 spiro atoms. The van der Waals surface area contributed by atoms with Crippen LogP contribution in [0.4, 0.5) is 0 Å². The first kappa shape index (κ1) is 27.4. The van der Waals surface area contributed by atoms with Gasteiger partial charge in [0.2, 0.25) is 22.5 Å². The van der Waals surface area contributed by atoms with Gasteiger partial charge in [0.25, 0.3) is 0 Å². The van der Waals surface area contributed by atoms with E-state index in [4.69, 9.17) is 4.74 Å². The number of carbonyl (C=O) groups excluding carboxylic acids is 3. The van der Waals surface area contributed by atoms with Crippen LogP contribution in [0.25, 0.3) is 5.78 Å². The first-order chi connectivity index (χ1) is 19.5. The van der Waals surface area contributed by atoms with Gasteiger partial charge in [-0.1, -0.05) is 72.4 Å². The number of aldehydes is 1. The van der Waals surface area contributed by atoms with Crippen LogP contribution in [0.3, 0.4) is 0 Å². The summed E-state index contributed by atoms with van der Waals surface area (Å²) in [5.74, 6) is -0.0945. The van der Waals surface area contributed by atoms with Gasteiger partial charge in [-0.05, 0) is 36.8 Å². The van der Waals surface area contributed by atoms with E-state index in [9.17, 15) is 19.2 Å². The molecule has 206 valence electrons. The van der Waals surface area contributed by atoms with Gasteiger partial charge in [0.1, 0.15) is 19.4 Å². The Hall–Kier alpha value is -4.18. The van der Waals surface area contributed by atoms with Gasteiger partial charge >= 0.3 is 5.56 Å². The highest BCUT2D eigenvalue weighted by atomic mass is 32.2. The number of aromatic nitrogens is 3. The summed E-state index contributed by atoms with van der Waals surface area (Å²) in [7, 11) is 0. The zero-order chi connectivity index (χ0) is 27.9. The maximum Gasteiger partial charge on any atom is 0.302 e. The molecule has 1 aliphatic rings. The Kier molecular flexibility index (Phi) is 8.75. The van der Waals surface area contributed by atoms with Gasteiger partial charge in [-0.15, -0.1) is 0 Å². The van der Waals surface area contributed by atoms with E-state index in [-0.39, 0.29) is 36.3 Å². The molecule has 0 radical (unpaired) electrons. The Morgan fingerprint density at radius 3 is 2.30 bits per heavy atom. The summed E-state index contributed by atoms with van der Waals surface area (Å²) in [6.45, 7) is 1.47. The highest BCUT2D eigenvalue weighted by Gasteiger charge is 2.26. The fourth-order valence-electron chi connectivity index (χ4n) is 4.72. The molecule has 2 aromatic heterocycles. The molecule has 1 unspecified atom stereocenters. The topological polar surface area (TPSA) is 103 Å². The van der Waals surface area contributed by atoms with Crippen LogP contribution in [0.2, 0.25) is 0 Å². The van der Waals surface area contributed by atoms with Crippen LogP contribution in [-0.2, 0) is 29.2 Å². The molecule has 3 heterocycles. The second-order valence-electron chi connectivity index (χ2n) is 9.68. The van der Waals surface area contributed by atoms with Crippen molar-refractivity contribution in [2.24, 2.45) is 0 Å². The van der Waals surface area contributed by atoms with E-state index in [0.29, 0.717) is 19.5 Å². The highest BCUT2D eigenvalue weighted by Crippen LogP contribution is 2.25. The number of likely N-dealkylation sites (tertiary alicyclic amines) is 1. The molecule has 40 heavy (non-hydrogen) atoms. The average Bonchev–Trinajstić information content (AvgIpc) is 3.40. The summed E-state index contributed by atoms with van der Waals surface area (Å²) in [6, 6.07) is 18.7. The monoisotopic (exact) mass is 558 g/mol. The number of nitrogens with zero attached hydrogens (tertiary/aromatic N) is 4. The van der Waals surface area contributed by atoms with Crippen molar-refractivity contribution in [2.75, 3.05) is 13.1 Å². The van der Waals surface area contributed by atoms with Crippen LogP contribution in [-0.4, -0.2) is 54.5 Å². The predicted octanol–water partition coefficient (Wildman–Crippen LogP) is 3.77. The Labute approximate surface area is 235 Å².